The summed E-state index contributed by atoms with van der Waals surface area (Å²) < 4.78 is 31.5. The Hall–Kier alpha value is -2.46. The van der Waals surface area contributed by atoms with Crippen LogP contribution in [0.15, 0.2) is 34.5 Å². The first-order valence-corrected chi connectivity index (χ1v) is 9.10. The Morgan fingerprint density at radius 1 is 1.31 bits per heavy atom. The number of hydrogen-bond acceptors (Lipinski definition) is 6. The summed E-state index contributed by atoms with van der Waals surface area (Å²) in [6, 6.07) is 4.35. The van der Waals surface area contributed by atoms with Crippen LogP contribution < -0.4 is 11.1 Å². The molecule has 0 saturated heterocycles. The van der Waals surface area contributed by atoms with Crippen molar-refractivity contribution in [3.05, 3.63) is 46.8 Å². The summed E-state index contributed by atoms with van der Waals surface area (Å²) in [6.45, 7) is 1.35. The van der Waals surface area contributed by atoms with Gasteiger partial charge >= 0.3 is 5.97 Å². The van der Waals surface area contributed by atoms with Crippen LogP contribution in [0, 0.1) is 11.6 Å². The fraction of sp³-hybridized carbons (Fsp3) is 0.188. The molecule has 1 heterocycles. The highest BCUT2D eigenvalue weighted by Crippen LogP contribution is 2.24. The summed E-state index contributed by atoms with van der Waals surface area (Å²) in [7, 11) is 0. The van der Waals surface area contributed by atoms with E-state index in [4.69, 9.17) is 10.5 Å². The van der Waals surface area contributed by atoms with E-state index in [2.05, 4.69) is 5.32 Å². The predicted molar refractivity (Wildman–Crippen MR) is 94.1 cm³/mol. The predicted octanol–water partition coefficient (Wildman–Crippen LogP) is 2.79. The highest BCUT2D eigenvalue weighted by atomic mass is 32.2. The number of thiophene rings is 1. The van der Waals surface area contributed by atoms with E-state index >= 15 is 0 Å². The minimum Gasteiger partial charge on any atom is -0.452 e. The lowest BCUT2D eigenvalue weighted by atomic mass is 10.3. The second-order valence-electron chi connectivity index (χ2n) is 5.01. The molecule has 6 nitrogen and oxygen atoms in total. The van der Waals surface area contributed by atoms with Gasteiger partial charge in [-0.1, -0.05) is 0 Å². The first-order valence-electron chi connectivity index (χ1n) is 7.23. The van der Waals surface area contributed by atoms with Gasteiger partial charge in [0.25, 0.3) is 11.8 Å². The molecule has 3 N–H and O–H groups in total. The number of nitrogens with one attached hydrogen (secondary N) is 1. The highest BCUT2D eigenvalue weighted by molar-refractivity contribution is 8.00. The number of anilines is 1. The zero-order chi connectivity index (χ0) is 19.3. The molecule has 0 radical (unpaired) electrons. The normalized spacial score (nSPS) is 11.7. The van der Waals surface area contributed by atoms with Crippen molar-refractivity contribution in [3.63, 3.8) is 0 Å². The maximum atomic E-state index is 13.5. The molecular weight excluding hydrogens is 386 g/mol. The number of amides is 2. The monoisotopic (exact) mass is 400 g/mol. The lowest BCUT2D eigenvalue weighted by molar-refractivity contribution is -0.150. The first-order chi connectivity index (χ1) is 12.3. The molecule has 2 aromatic rings. The Labute approximate surface area is 155 Å². The topological polar surface area (TPSA) is 98.5 Å². The number of thioether (sulfide) groups is 1. The summed E-state index contributed by atoms with van der Waals surface area (Å²) in [5, 5.41) is 4.28. The van der Waals surface area contributed by atoms with E-state index in [1.165, 1.54) is 13.0 Å². The second-order valence-corrected chi connectivity index (χ2v) is 6.95. The molecule has 0 bridgehead atoms. The van der Waals surface area contributed by atoms with Gasteiger partial charge in [0.15, 0.2) is 6.10 Å². The molecule has 2 amide bonds. The van der Waals surface area contributed by atoms with Crippen molar-refractivity contribution in [1.82, 2.24) is 0 Å². The summed E-state index contributed by atoms with van der Waals surface area (Å²) in [5.74, 6) is -3.71. The molecule has 26 heavy (non-hydrogen) atoms. The summed E-state index contributed by atoms with van der Waals surface area (Å²) in [6.07, 6.45) is -1.15. The maximum Gasteiger partial charge on any atom is 0.317 e. The van der Waals surface area contributed by atoms with Crippen LogP contribution in [0.3, 0.4) is 0 Å². The molecule has 1 atom stereocenters. The Kier molecular flexibility index (Phi) is 6.70. The van der Waals surface area contributed by atoms with Crippen LogP contribution in [0.2, 0.25) is 0 Å². The number of carbonyl (C=O) groups is 3. The summed E-state index contributed by atoms with van der Waals surface area (Å²) >= 11 is 1.85. The molecule has 0 unspecified atom stereocenters. The minimum atomic E-state index is -1.15. The van der Waals surface area contributed by atoms with E-state index < -0.39 is 35.5 Å². The van der Waals surface area contributed by atoms with Crippen molar-refractivity contribution >= 4 is 45.9 Å². The van der Waals surface area contributed by atoms with Gasteiger partial charge in [-0.25, -0.2) is 8.78 Å². The van der Waals surface area contributed by atoms with Crippen LogP contribution >= 0.6 is 23.1 Å². The summed E-state index contributed by atoms with van der Waals surface area (Å²) in [4.78, 5) is 35.0. The van der Waals surface area contributed by atoms with Gasteiger partial charge < -0.3 is 15.8 Å². The van der Waals surface area contributed by atoms with Gasteiger partial charge in [0, 0.05) is 4.90 Å². The van der Waals surface area contributed by atoms with E-state index in [-0.39, 0.29) is 21.2 Å². The fourth-order valence-electron chi connectivity index (χ4n) is 1.82. The largest absolute Gasteiger partial charge is 0.452 e. The number of primary amides is 1. The van der Waals surface area contributed by atoms with Crippen molar-refractivity contribution in [2.75, 3.05) is 11.1 Å². The van der Waals surface area contributed by atoms with Crippen LogP contribution in [0.4, 0.5) is 13.8 Å². The molecule has 0 aliphatic carbocycles. The van der Waals surface area contributed by atoms with E-state index in [9.17, 15) is 23.2 Å². The highest BCUT2D eigenvalue weighted by Gasteiger charge is 2.21. The number of esters is 1. The maximum absolute atomic E-state index is 13.5. The molecule has 1 aromatic heterocycles. The van der Waals surface area contributed by atoms with Crippen LogP contribution in [-0.4, -0.2) is 29.6 Å². The zero-order valence-electron chi connectivity index (χ0n) is 13.5. The van der Waals surface area contributed by atoms with E-state index in [1.807, 2.05) is 0 Å². The van der Waals surface area contributed by atoms with Crippen molar-refractivity contribution in [1.29, 1.82) is 0 Å². The lowest BCUT2D eigenvalue weighted by Crippen LogP contribution is -2.31. The van der Waals surface area contributed by atoms with Gasteiger partial charge in [0.05, 0.1) is 11.3 Å². The van der Waals surface area contributed by atoms with Gasteiger partial charge in [-0.15, -0.1) is 23.1 Å². The molecule has 0 fully saturated rings. The quantitative estimate of drug-likeness (QED) is 0.550. The standard InChI is InChI=1S/C16H14F2N2O4S2/c1-8(15(23)20-16-10(14(19)22)4-5-25-16)24-13(21)7-26-12-6-9(17)2-3-11(12)18/h2-6,8H,7H2,1H3,(H2,19,22)(H,20,23)/t8-/m1/s1. The number of carbonyl (C=O) groups excluding carboxylic acids is 3. The average molecular weight is 400 g/mol. The molecule has 0 aliphatic rings. The van der Waals surface area contributed by atoms with Crippen molar-refractivity contribution in [2.24, 2.45) is 5.73 Å². The Balaban J connectivity index is 1.88. The Morgan fingerprint density at radius 2 is 2.04 bits per heavy atom. The van der Waals surface area contributed by atoms with Gasteiger partial charge in [-0.2, -0.15) is 0 Å². The average Bonchev–Trinajstić information content (AvgIpc) is 3.04. The SMILES string of the molecule is C[C@@H](OC(=O)CSc1cc(F)ccc1F)C(=O)Nc1sccc1C(N)=O. The fourth-order valence-corrected chi connectivity index (χ4v) is 3.36. The van der Waals surface area contributed by atoms with Gasteiger partial charge in [0.2, 0.25) is 0 Å². The third-order valence-corrected chi connectivity index (χ3v) is 4.92. The van der Waals surface area contributed by atoms with Crippen LogP contribution in [-0.2, 0) is 14.3 Å². The first kappa shape index (κ1) is 19.9. The molecule has 0 aliphatic heterocycles. The van der Waals surface area contributed by atoms with E-state index in [1.54, 1.807) is 5.38 Å². The van der Waals surface area contributed by atoms with Crippen LogP contribution in [0.25, 0.3) is 0 Å². The van der Waals surface area contributed by atoms with Crippen LogP contribution in [0.1, 0.15) is 17.3 Å². The molecule has 0 spiro atoms. The Bertz CT molecular complexity index is 841. The number of hydrogen-bond donors (Lipinski definition) is 2. The zero-order valence-corrected chi connectivity index (χ0v) is 15.1. The number of ether oxygens (including phenoxy) is 1. The van der Waals surface area contributed by atoms with Crippen molar-refractivity contribution in [2.45, 2.75) is 17.9 Å². The third kappa shape index (κ3) is 5.27. The molecule has 2 rings (SSSR count). The number of rotatable bonds is 7. The number of nitrogens with two attached hydrogens (primary N) is 1. The smallest absolute Gasteiger partial charge is 0.317 e. The third-order valence-electron chi connectivity index (χ3n) is 3.08. The lowest BCUT2D eigenvalue weighted by Gasteiger charge is -2.13. The van der Waals surface area contributed by atoms with Gasteiger partial charge in [-0.05, 0) is 36.6 Å². The minimum absolute atomic E-state index is 0.0382. The second kappa shape index (κ2) is 8.77. The van der Waals surface area contributed by atoms with E-state index in [0.717, 1.165) is 41.3 Å². The van der Waals surface area contributed by atoms with Gasteiger partial charge in [-0.3, -0.25) is 14.4 Å². The van der Waals surface area contributed by atoms with Crippen molar-refractivity contribution in [3.8, 4) is 0 Å². The number of halogens is 2. The molecule has 0 saturated carbocycles. The molecule has 138 valence electrons. The van der Waals surface area contributed by atoms with Crippen LogP contribution in [0.5, 0.6) is 0 Å². The van der Waals surface area contributed by atoms with Crippen molar-refractivity contribution < 1.29 is 27.9 Å². The van der Waals surface area contributed by atoms with E-state index in [0.29, 0.717) is 0 Å². The molecule has 1 aromatic carbocycles. The summed E-state index contributed by atoms with van der Waals surface area (Å²) in [5.41, 5.74) is 5.33. The molecule has 10 heteroatoms. The Morgan fingerprint density at radius 3 is 2.73 bits per heavy atom. The number of benzene rings is 1. The van der Waals surface area contributed by atoms with Gasteiger partial charge in [0.1, 0.15) is 16.6 Å². The molecular formula is C16H14F2N2O4S2.